The van der Waals surface area contributed by atoms with E-state index < -0.39 is 37.0 Å². The normalized spacial score (nSPS) is 29.1. The standard InChI is InChI=1S/C15H28F3NO5/c16-15(17,18)5-8-24-7-4-2-1-3-6-19-9-12(21)14(23)13(22)11(19)10-20/h11-14,20-23H,1-10H2/t11?,12-,13+,14+/m0/s1. The van der Waals surface area contributed by atoms with Gasteiger partial charge in [-0.05, 0) is 19.4 Å². The van der Waals surface area contributed by atoms with Gasteiger partial charge in [-0.2, -0.15) is 13.2 Å². The quantitative estimate of drug-likeness (QED) is 0.419. The Labute approximate surface area is 139 Å². The van der Waals surface area contributed by atoms with E-state index in [2.05, 4.69) is 0 Å². The molecule has 0 aliphatic carbocycles. The molecule has 1 heterocycles. The summed E-state index contributed by atoms with van der Waals surface area (Å²) in [7, 11) is 0. The van der Waals surface area contributed by atoms with Crippen molar-refractivity contribution in [1.82, 2.24) is 4.90 Å². The fourth-order valence-electron chi connectivity index (χ4n) is 2.80. The first-order chi connectivity index (χ1) is 11.3. The molecule has 0 aromatic carbocycles. The summed E-state index contributed by atoms with van der Waals surface area (Å²) >= 11 is 0. The molecule has 6 nitrogen and oxygen atoms in total. The van der Waals surface area contributed by atoms with E-state index >= 15 is 0 Å². The average molecular weight is 359 g/mol. The number of aliphatic hydroxyl groups excluding tert-OH is 4. The van der Waals surface area contributed by atoms with Gasteiger partial charge in [0.15, 0.2) is 0 Å². The van der Waals surface area contributed by atoms with E-state index in [4.69, 9.17) is 4.74 Å². The summed E-state index contributed by atoms with van der Waals surface area (Å²) in [5.41, 5.74) is 0. The number of alkyl halides is 3. The van der Waals surface area contributed by atoms with Crippen LogP contribution in [-0.4, -0.2) is 88.8 Å². The molecular weight excluding hydrogens is 331 g/mol. The summed E-state index contributed by atoms with van der Waals surface area (Å²) in [5.74, 6) is 0. The Hall–Kier alpha value is -0.450. The summed E-state index contributed by atoms with van der Waals surface area (Å²) in [6, 6.07) is -0.603. The highest BCUT2D eigenvalue weighted by molar-refractivity contribution is 4.93. The van der Waals surface area contributed by atoms with Crippen LogP contribution in [0.2, 0.25) is 0 Å². The smallest absolute Gasteiger partial charge is 0.391 e. The molecule has 1 fully saturated rings. The van der Waals surface area contributed by atoms with Crippen LogP contribution in [0.25, 0.3) is 0 Å². The Kier molecular flexibility index (Phi) is 9.47. The fourth-order valence-corrected chi connectivity index (χ4v) is 2.80. The molecule has 1 aliphatic rings. The molecule has 0 spiro atoms. The Bertz CT molecular complexity index is 346. The number of hydrogen-bond donors (Lipinski definition) is 4. The van der Waals surface area contributed by atoms with Gasteiger partial charge in [-0.1, -0.05) is 12.8 Å². The maximum Gasteiger partial charge on any atom is 0.391 e. The highest BCUT2D eigenvalue weighted by Crippen LogP contribution is 2.20. The first-order valence-electron chi connectivity index (χ1n) is 8.30. The van der Waals surface area contributed by atoms with Crippen molar-refractivity contribution in [2.24, 2.45) is 0 Å². The summed E-state index contributed by atoms with van der Waals surface area (Å²) in [4.78, 5) is 1.75. The molecule has 1 aliphatic heterocycles. The van der Waals surface area contributed by atoms with E-state index in [1.807, 2.05) is 0 Å². The van der Waals surface area contributed by atoms with Crippen molar-refractivity contribution in [2.75, 3.05) is 32.9 Å². The van der Waals surface area contributed by atoms with Crippen LogP contribution in [-0.2, 0) is 4.74 Å². The highest BCUT2D eigenvalue weighted by atomic mass is 19.4. The average Bonchev–Trinajstić information content (AvgIpc) is 2.50. The van der Waals surface area contributed by atoms with Gasteiger partial charge in [0.1, 0.15) is 12.2 Å². The molecule has 4 atom stereocenters. The maximum absolute atomic E-state index is 11.9. The number of piperidine rings is 1. The summed E-state index contributed by atoms with van der Waals surface area (Å²) in [6.45, 7) is 0.416. The third-order valence-corrected chi connectivity index (χ3v) is 4.23. The molecule has 1 unspecified atom stereocenters. The van der Waals surface area contributed by atoms with Crippen LogP contribution >= 0.6 is 0 Å². The number of halogens is 3. The number of aliphatic hydroxyl groups is 4. The third kappa shape index (κ3) is 7.62. The zero-order valence-corrected chi connectivity index (χ0v) is 13.7. The third-order valence-electron chi connectivity index (χ3n) is 4.23. The van der Waals surface area contributed by atoms with Gasteiger partial charge in [-0.15, -0.1) is 0 Å². The van der Waals surface area contributed by atoms with Gasteiger partial charge in [-0.25, -0.2) is 0 Å². The van der Waals surface area contributed by atoms with Crippen LogP contribution < -0.4 is 0 Å². The SMILES string of the molecule is OCC1[C@@H](O)[C@H](O)[C@@H](O)CN1CCCCCCOCCC(F)(F)F. The summed E-state index contributed by atoms with van der Waals surface area (Å²) in [5, 5.41) is 38.5. The van der Waals surface area contributed by atoms with Gasteiger partial charge < -0.3 is 25.2 Å². The Morgan fingerprint density at radius 2 is 1.62 bits per heavy atom. The van der Waals surface area contributed by atoms with Crippen molar-refractivity contribution in [1.29, 1.82) is 0 Å². The van der Waals surface area contributed by atoms with Crippen molar-refractivity contribution in [3.05, 3.63) is 0 Å². The predicted octanol–water partition coefficient (Wildman–Crippen LogP) is 0.275. The van der Waals surface area contributed by atoms with E-state index in [0.717, 1.165) is 19.3 Å². The zero-order chi connectivity index (χ0) is 18.2. The van der Waals surface area contributed by atoms with E-state index in [9.17, 15) is 33.6 Å². The van der Waals surface area contributed by atoms with Crippen molar-refractivity contribution in [3.63, 3.8) is 0 Å². The first-order valence-corrected chi connectivity index (χ1v) is 8.30. The second kappa shape index (κ2) is 10.5. The van der Waals surface area contributed by atoms with E-state index in [0.29, 0.717) is 19.6 Å². The lowest BCUT2D eigenvalue weighted by atomic mass is 9.94. The highest BCUT2D eigenvalue weighted by Gasteiger charge is 2.40. The van der Waals surface area contributed by atoms with Gasteiger partial charge >= 0.3 is 6.18 Å². The molecule has 24 heavy (non-hydrogen) atoms. The van der Waals surface area contributed by atoms with Crippen LogP contribution in [0.15, 0.2) is 0 Å². The minimum Gasteiger partial charge on any atom is -0.395 e. The van der Waals surface area contributed by atoms with E-state index in [1.165, 1.54) is 0 Å². The molecule has 0 amide bonds. The van der Waals surface area contributed by atoms with Crippen LogP contribution in [0, 0.1) is 0 Å². The lowest BCUT2D eigenvalue weighted by Crippen LogP contribution is -2.62. The Balaban J connectivity index is 2.10. The van der Waals surface area contributed by atoms with Crippen molar-refractivity contribution >= 4 is 0 Å². The molecule has 144 valence electrons. The molecule has 0 aromatic rings. The zero-order valence-electron chi connectivity index (χ0n) is 13.7. The van der Waals surface area contributed by atoms with Crippen LogP contribution in [0.5, 0.6) is 0 Å². The molecule has 0 aromatic heterocycles. The number of unbranched alkanes of at least 4 members (excludes halogenated alkanes) is 3. The number of rotatable bonds is 10. The van der Waals surface area contributed by atoms with Gasteiger partial charge in [0.25, 0.3) is 0 Å². The maximum atomic E-state index is 11.9. The lowest BCUT2D eigenvalue weighted by Gasteiger charge is -2.43. The molecule has 0 bridgehead atoms. The molecular formula is C15H28F3NO5. The van der Waals surface area contributed by atoms with Crippen LogP contribution in [0.3, 0.4) is 0 Å². The second-order valence-electron chi connectivity index (χ2n) is 6.19. The molecule has 0 radical (unpaired) electrons. The van der Waals surface area contributed by atoms with E-state index in [1.54, 1.807) is 4.90 Å². The first kappa shape index (κ1) is 21.6. The fraction of sp³-hybridized carbons (Fsp3) is 1.00. The molecule has 1 saturated heterocycles. The number of β-amino-alcohol motifs (C(OH)–C–C–N with tert-alkyl or cyclic N) is 1. The predicted molar refractivity (Wildman–Crippen MR) is 80.4 cm³/mol. The summed E-state index contributed by atoms with van der Waals surface area (Å²) < 4.78 is 40.6. The van der Waals surface area contributed by atoms with E-state index in [-0.39, 0.29) is 19.8 Å². The van der Waals surface area contributed by atoms with Gasteiger partial charge in [0.2, 0.25) is 0 Å². The minimum atomic E-state index is -4.18. The van der Waals surface area contributed by atoms with Crippen LogP contribution in [0.1, 0.15) is 32.1 Å². The van der Waals surface area contributed by atoms with Gasteiger partial charge in [0.05, 0.1) is 31.8 Å². The molecule has 4 N–H and O–H groups in total. The Morgan fingerprint density at radius 3 is 2.25 bits per heavy atom. The largest absolute Gasteiger partial charge is 0.395 e. The molecule has 1 rings (SSSR count). The van der Waals surface area contributed by atoms with Crippen molar-refractivity contribution in [2.45, 2.75) is 62.6 Å². The summed E-state index contributed by atoms with van der Waals surface area (Å²) in [6.07, 6.45) is -5.55. The van der Waals surface area contributed by atoms with Crippen molar-refractivity contribution in [3.8, 4) is 0 Å². The second-order valence-corrected chi connectivity index (χ2v) is 6.19. The number of nitrogens with zero attached hydrogens (tertiary/aromatic N) is 1. The number of hydrogen-bond acceptors (Lipinski definition) is 6. The van der Waals surface area contributed by atoms with Gasteiger partial charge in [0, 0.05) is 13.2 Å². The lowest BCUT2D eigenvalue weighted by molar-refractivity contribution is -0.145. The number of ether oxygens (including phenoxy) is 1. The van der Waals surface area contributed by atoms with Crippen molar-refractivity contribution < 1.29 is 38.3 Å². The molecule has 9 heteroatoms. The monoisotopic (exact) mass is 359 g/mol. The van der Waals surface area contributed by atoms with Gasteiger partial charge in [-0.3, -0.25) is 4.90 Å². The minimum absolute atomic E-state index is 0.185. The van der Waals surface area contributed by atoms with Crippen LogP contribution in [0.4, 0.5) is 13.2 Å². The molecule has 0 saturated carbocycles. The number of likely N-dealkylation sites (tertiary alicyclic amines) is 1. The topological polar surface area (TPSA) is 93.4 Å². The Morgan fingerprint density at radius 1 is 0.958 bits per heavy atom.